The summed E-state index contributed by atoms with van der Waals surface area (Å²) in [6.07, 6.45) is 1.56. The molecule has 2 aromatic rings. The van der Waals surface area contributed by atoms with Gasteiger partial charge in [0, 0.05) is 12.2 Å². The molecule has 0 spiro atoms. The number of aromatic nitrogens is 3. The Morgan fingerprint density at radius 1 is 1.25 bits per heavy atom. The second-order valence-electron chi connectivity index (χ2n) is 8.02. The van der Waals surface area contributed by atoms with Gasteiger partial charge in [-0.15, -0.1) is 10.2 Å². The van der Waals surface area contributed by atoms with Crippen molar-refractivity contribution in [3.8, 4) is 0 Å². The van der Waals surface area contributed by atoms with Crippen LogP contribution in [0, 0.1) is 17.8 Å². The summed E-state index contributed by atoms with van der Waals surface area (Å²) >= 11 is 1.12. The van der Waals surface area contributed by atoms with Crippen molar-refractivity contribution in [3.63, 3.8) is 0 Å². The van der Waals surface area contributed by atoms with Gasteiger partial charge in [0.1, 0.15) is 0 Å². The molecule has 5 nitrogen and oxygen atoms in total. The summed E-state index contributed by atoms with van der Waals surface area (Å²) in [5.74, 6) is 1.93. The number of hydrogen-bond donors (Lipinski definition) is 1. The van der Waals surface area contributed by atoms with Gasteiger partial charge in [0.05, 0.1) is 10.8 Å². The number of pyridine rings is 1. The highest BCUT2D eigenvalue weighted by Gasteiger charge is 2.42. The second-order valence-corrected chi connectivity index (χ2v) is 9.33. The molecule has 0 aromatic carbocycles. The number of halogens is 3. The van der Waals surface area contributed by atoms with E-state index in [4.69, 9.17) is 0 Å². The van der Waals surface area contributed by atoms with E-state index in [0.717, 1.165) is 29.9 Å². The lowest BCUT2D eigenvalue weighted by molar-refractivity contribution is -0.137. The molecule has 2 aliphatic rings. The maximum atomic E-state index is 13.0. The largest absolute Gasteiger partial charge is 0.417 e. The van der Waals surface area contributed by atoms with Gasteiger partial charge >= 0.3 is 6.18 Å². The molecule has 2 aliphatic carbocycles. The zero-order valence-electron chi connectivity index (χ0n) is 15.7. The van der Waals surface area contributed by atoms with Gasteiger partial charge in [0.2, 0.25) is 5.91 Å². The first kappa shape index (κ1) is 19.5. The molecule has 5 unspecified atom stereocenters. The van der Waals surface area contributed by atoms with Crippen LogP contribution in [-0.2, 0) is 11.0 Å². The normalized spacial score (nSPS) is 26.5. The molecule has 1 N–H and O–H groups in total. The van der Waals surface area contributed by atoms with Crippen molar-refractivity contribution in [1.29, 1.82) is 0 Å². The van der Waals surface area contributed by atoms with E-state index in [2.05, 4.69) is 22.4 Å². The van der Waals surface area contributed by atoms with Crippen LogP contribution in [0.5, 0.6) is 0 Å². The third-order valence-corrected chi connectivity index (χ3v) is 7.21. The van der Waals surface area contributed by atoms with Gasteiger partial charge in [-0.3, -0.25) is 9.20 Å². The quantitative estimate of drug-likeness (QED) is 0.749. The van der Waals surface area contributed by atoms with E-state index in [1.807, 2.05) is 0 Å². The molecular formula is C19H23F3N4OS. The SMILES string of the molecule is CC(Sc1nnc2ccc(C(F)(F)F)cn12)C(=O)NC(C)C1CC2CCC1C2. The van der Waals surface area contributed by atoms with Crippen LogP contribution in [0.4, 0.5) is 13.2 Å². The predicted octanol–water partition coefficient (Wildman–Crippen LogP) is 4.17. The van der Waals surface area contributed by atoms with E-state index in [9.17, 15) is 18.0 Å². The van der Waals surface area contributed by atoms with Crippen LogP contribution < -0.4 is 5.32 Å². The molecule has 2 fully saturated rings. The smallest absolute Gasteiger partial charge is 0.352 e. The lowest BCUT2D eigenvalue weighted by Crippen LogP contribution is -2.43. The molecular weight excluding hydrogens is 389 g/mol. The summed E-state index contributed by atoms with van der Waals surface area (Å²) in [5, 5.41) is 10.8. The molecule has 1 amide bonds. The average molecular weight is 412 g/mol. The van der Waals surface area contributed by atoms with Crippen molar-refractivity contribution in [2.75, 3.05) is 0 Å². The van der Waals surface area contributed by atoms with Gasteiger partial charge in [-0.1, -0.05) is 18.2 Å². The summed E-state index contributed by atoms with van der Waals surface area (Å²) in [4.78, 5) is 12.6. The van der Waals surface area contributed by atoms with Crippen molar-refractivity contribution in [3.05, 3.63) is 23.9 Å². The number of alkyl halides is 3. The molecule has 9 heteroatoms. The van der Waals surface area contributed by atoms with E-state index in [-0.39, 0.29) is 17.1 Å². The van der Waals surface area contributed by atoms with Gasteiger partial charge in [0.15, 0.2) is 10.8 Å². The third kappa shape index (κ3) is 3.73. The summed E-state index contributed by atoms with van der Waals surface area (Å²) in [6, 6.07) is 2.37. The zero-order valence-corrected chi connectivity index (χ0v) is 16.6. The molecule has 2 heterocycles. The monoisotopic (exact) mass is 412 g/mol. The Labute approximate surface area is 165 Å². The summed E-state index contributed by atoms with van der Waals surface area (Å²) < 4.78 is 40.2. The van der Waals surface area contributed by atoms with E-state index in [1.54, 1.807) is 6.92 Å². The number of carbonyl (C=O) groups excluding carboxylic acids is 1. The summed E-state index contributed by atoms with van der Waals surface area (Å²) in [7, 11) is 0. The first-order chi connectivity index (χ1) is 13.2. The fraction of sp³-hybridized carbons (Fsp3) is 0.632. The molecule has 0 aliphatic heterocycles. The Morgan fingerprint density at radius 2 is 2.04 bits per heavy atom. The van der Waals surface area contributed by atoms with Crippen LogP contribution in [-0.4, -0.2) is 31.8 Å². The lowest BCUT2D eigenvalue weighted by atomic mass is 9.84. The fourth-order valence-electron chi connectivity index (χ4n) is 4.68. The molecule has 5 atom stereocenters. The van der Waals surface area contributed by atoms with Crippen LogP contribution in [0.15, 0.2) is 23.5 Å². The first-order valence-electron chi connectivity index (χ1n) is 9.61. The maximum Gasteiger partial charge on any atom is 0.417 e. The Balaban J connectivity index is 1.42. The van der Waals surface area contributed by atoms with Gasteiger partial charge in [0.25, 0.3) is 0 Å². The lowest BCUT2D eigenvalue weighted by Gasteiger charge is -2.29. The summed E-state index contributed by atoms with van der Waals surface area (Å²) in [5.41, 5.74) is -0.456. The van der Waals surface area contributed by atoms with Gasteiger partial charge in [-0.2, -0.15) is 13.2 Å². The minimum absolute atomic E-state index is 0.109. The van der Waals surface area contributed by atoms with Gasteiger partial charge < -0.3 is 5.32 Å². The van der Waals surface area contributed by atoms with Gasteiger partial charge in [-0.05, 0) is 63.0 Å². The minimum Gasteiger partial charge on any atom is -0.352 e. The molecule has 0 saturated heterocycles. The average Bonchev–Trinajstić information content (AvgIpc) is 3.36. The number of nitrogens with zero attached hydrogens (tertiary/aromatic N) is 3. The highest BCUT2D eigenvalue weighted by atomic mass is 32.2. The highest BCUT2D eigenvalue weighted by Crippen LogP contribution is 2.49. The van der Waals surface area contributed by atoms with Crippen LogP contribution in [0.25, 0.3) is 5.65 Å². The molecule has 2 bridgehead atoms. The summed E-state index contributed by atoms with van der Waals surface area (Å²) in [6.45, 7) is 3.80. The van der Waals surface area contributed by atoms with Crippen LogP contribution >= 0.6 is 11.8 Å². The molecule has 28 heavy (non-hydrogen) atoms. The molecule has 2 aromatic heterocycles. The van der Waals surface area contributed by atoms with Crippen LogP contribution in [0.3, 0.4) is 0 Å². The number of amides is 1. The number of thioether (sulfide) groups is 1. The van der Waals surface area contributed by atoms with Crippen LogP contribution in [0.2, 0.25) is 0 Å². The first-order valence-corrected chi connectivity index (χ1v) is 10.5. The van der Waals surface area contributed by atoms with Crippen LogP contribution in [0.1, 0.15) is 45.1 Å². The Hall–Kier alpha value is -1.77. The topological polar surface area (TPSA) is 59.3 Å². The van der Waals surface area contributed by atoms with E-state index in [0.29, 0.717) is 17.5 Å². The van der Waals surface area contributed by atoms with Crippen molar-refractivity contribution >= 4 is 23.3 Å². The Bertz CT molecular complexity index is 884. The van der Waals surface area contributed by atoms with Crippen molar-refractivity contribution < 1.29 is 18.0 Å². The van der Waals surface area contributed by atoms with Crippen molar-refractivity contribution in [2.24, 2.45) is 17.8 Å². The molecule has 152 valence electrons. The third-order valence-electron chi connectivity index (χ3n) is 6.15. The second kappa shape index (κ2) is 7.24. The Morgan fingerprint density at radius 3 is 2.68 bits per heavy atom. The molecule has 0 radical (unpaired) electrons. The standard InChI is InChI=1S/C19H23F3N4OS/c1-10(15-8-12-3-4-13(15)7-12)23-17(27)11(2)28-18-25-24-16-6-5-14(9-26(16)18)19(20,21)22/h5-6,9-13,15H,3-4,7-8H2,1-2H3,(H,23,27). The fourth-order valence-corrected chi connectivity index (χ4v) is 5.52. The highest BCUT2D eigenvalue weighted by molar-refractivity contribution is 8.00. The van der Waals surface area contributed by atoms with E-state index >= 15 is 0 Å². The molecule has 2 saturated carbocycles. The molecule has 4 rings (SSSR count). The zero-order chi connectivity index (χ0) is 20.1. The number of fused-ring (bicyclic) bond motifs is 3. The number of hydrogen-bond acceptors (Lipinski definition) is 4. The predicted molar refractivity (Wildman–Crippen MR) is 99.9 cm³/mol. The number of rotatable bonds is 5. The minimum atomic E-state index is -4.44. The van der Waals surface area contributed by atoms with Crippen molar-refractivity contribution in [2.45, 2.75) is 62.2 Å². The van der Waals surface area contributed by atoms with E-state index in [1.165, 1.54) is 36.2 Å². The number of nitrogens with one attached hydrogen (secondary N) is 1. The Kier molecular flexibility index (Phi) is 5.05. The van der Waals surface area contributed by atoms with Gasteiger partial charge in [-0.25, -0.2) is 0 Å². The van der Waals surface area contributed by atoms with Crippen molar-refractivity contribution in [1.82, 2.24) is 19.9 Å². The maximum absolute atomic E-state index is 13.0. The number of carbonyl (C=O) groups is 1. The van der Waals surface area contributed by atoms with E-state index < -0.39 is 17.0 Å².